The van der Waals surface area contributed by atoms with Gasteiger partial charge in [-0.3, -0.25) is 0 Å². The number of hydrogen-bond acceptors (Lipinski definition) is 2. The molecule has 33 heavy (non-hydrogen) atoms. The molecule has 1 fully saturated rings. The third-order valence-electron chi connectivity index (χ3n) is 7.07. The van der Waals surface area contributed by atoms with Crippen molar-refractivity contribution in [3.05, 3.63) is 41.1 Å². The lowest BCUT2D eigenvalue weighted by molar-refractivity contribution is 0.318. The van der Waals surface area contributed by atoms with E-state index in [0.717, 1.165) is 23.5 Å². The highest BCUT2D eigenvalue weighted by Crippen LogP contribution is 2.37. The summed E-state index contributed by atoms with van der Waals surface area (Å²) < 4.78 is 31.1. The molecule has 0 unspecified atom stereocenters. The molecule has 1 aliphatic carbocycles. The summed E-state index contributed by atoms with van der Waals surface area (Å²) >= 11 is 0. The highest BCUT2D eigenvalue weighted by Gasteiger charge is 2.27. The summed E-state index contributed by atoms with van der Waals surface area (Å²) in [6.07, 6.45) is 6.31. The zero-order valence-corrected chi connectivity index (χ0v) is 22.8. The Balaban J connectivity index is 2.24. The Morgan fingerprint density at radius 2 is 1.45 bits per heavy atom. The fourth-order valence-electron chi connectivity index (χ4n) is 4.90. The summed E-state index contributed by atoms with van der Waals surface area (Å²) in [6.45, 7) is 18.5. The van der Waals surface area contributed by atoms with Crippen LogP contribution in [0.1, 0.15) is 97.4 Å². The molecule has 1 aliphatic rings. The largest absolute Gasteiger partial charge is 0.343 e. The predicted molar refractivity (Wildman–Crippen MR) is 139 cm³/mol. The maximum absolute atomic E-state index is 13.1. The number of nitrogens with zero attached hydrogens (tertiary/aromatic N) is 1. The summed E-state index contributed by atoms with van der Waals surface area (Å²) in [6, 6.07) is 8.77. The van der Waals surface area contributed by atoms with E-state index >= 15 is 0 Å². The van der Waals surface area contributed by atoms with Crippen molar-refractivity contribution in [2.24, 2.45) is 5.92 Å². The number of nitrogens with one attached hydrogen (secondary N) is 1. The lowest BCUT2D eigenvalue weighted by Crippen LogP contribution is -2.24. The lowest BCUT2D eigenvalue weighted by Gasteiger charge is -2.27. The fraction of sp³-hybridized carbons (Fsp3) is 0.643. The van der Waals surface area contributed by atoms with Gasteiger partial charge in [0.2, 0.25) is 10.0 Å². The van der Waals surface area contributed by atoms with Gasteiger partial charge in [0.05, 0.1) is 0 Å². The second kappa shape index (κ2) is 9.58. The van der Waals surface area contributed by atoms with E-state index in [4.69, 9.17) is 0 Å². The van der Waals surface area contributed by atoms with Crippen molar-refractivity contribution in [3.63, 3.8) is 0 Å². The first-order chi connectivity index (χ1) is 15.2. The van der Waals surface area contributed by atoms with Gasteiger partial charge in [0.1, 0.15) is 4.90 Å². The second-order valence-electron chi connectivity index (χ2n) is 11.9. The van der Waals surface area contributed by atoms with Crippen LogP contribution in [0, 0.1) is 12.8 Å². The van der Waals surface area contributed by atoms with Gasteiger partial charge in [-0.05, 0) is 71.4 Å². The van der Waals surface area contributed by atoms with Gasteiger partial charge in [0, 0.05) is 24.5 Å². The number of rotatable bonds is 6. The van der Waals surface area contributed by atoms with Crippen LogP contribution in [0.25, 0.3) is 11.3 Å². The minimum atomic E-state index is -3.54. The Labute approximate surface area is 202 Å². The van der Waals surface area contributed by atoms with Crippen molar-refractivity contribution in [3.8, 4) is 11.3 Å². The molecule has 1 aromatic carbocycles. The lowest BCUT2D eigenvalue weighted by atomic mass is 9.79. The SMILES string of the molecule is CCNS(=O)(=O)c1cc(-c2cc(C(C)(C)C)cc(C(C)(C)C)c2)n(CC2CCCCC2)c1C. The molecule has 5 heteroatoms. The Kier molecular flexibility index (Phi) is 7.55. The van der Waals surface area contributed by atoms with Gasteiger partial charge in [0.15, 0.2) is 0 Å². The quantitative estimate of drug-likeness (QED) is 0.495. The van der Waals surface area contributed by atoms with Crippen molar-refractivity contribution in [1.82, 2.24) is 9.29 Å². The summed E-state index contributed by atoms with van der Waals surface area (Å²) in [5.41, 5.74) is 5.55. The van der Waals surface area contributed by atoms with Crippen molar-refractivity contribution < 1.29 is 8.42 Å². The highest BCUT2D eigenvalue weighted by atomic mass is 32.2. The van der Waals surface area contributed by atoms with E-state index in [2.05, 4.69) is 69.0 Å². The van der Waals surface area contributed by atoms with Crippen LogP contribution in [0.2, 0.25) is 0 Å². The topological polar surface area (TPSA) is 51.1 Å². The maximum atomic E-state index is 13.1. The van der Waals surface area contributed by atoms with Crippen LogP contribution in [0.4, 0.5) is 0 Å². The summed E-state index contributed by atoms with van der Waals surface area (Å²) in [4.78, 5) is 0.411. The van der Waals surface area contributed by atoms with E-state index in [9.17, 15) is 8.42 Å². The number of aromatic nitrogens is 1. The van der Waals surface area contributed by atoms with Gasteiger partial charge >= 0.3 is 0 Å². The average molecular weight is 473 g/mol. The first-order valence-electron chi connectivity index (χ1n) is 12.6. The van der Waals surface area contributed by atoms with Crippen LogP contribution < -0.4 is 4.72 Å². The van der Waals surface area contributed by atoms with Gasteiger partial charge in [-0.1, -0.05) is 73.8 Å². The van der Waals surface area contributed by atoms with Crippen molar-refractivity contribution in [2.45, 2.75) is 110 Å². The van der Waals surface area contributed by atoms with Gasteiger partial charge in [0.25, 0.3) is 0 Å². The molecule has 0 bridgehead atoms. The Hall–Kier alpha value is -1.59. The molecule has 2 aromatic rings. The molecule has 1 aromatic heterocycles. The summed E-state index contributed by atoms with van der Waals surface area (Å²) in [5.74, 6) is 0.603. The van der Waals surface area contributed by atoms with Crippen molar-refractivity contribution >= 4 is 10.0 Å². The zero-order chi connectivity index (χ0) is 24.6. The Morgan fingerprint density at radius 1 is 0.909 bits per heavy atom. The van der Waals surface area contributed by atoms with Gasteiger partial charge in [-0.15, -0.1) is 0 Å². The molecular weight excluding hydrogens is 428 g/mol. The predicted octanol–water partition coefficient (Wildman–Crippen LogP) is 6.94. The van der Waals surface area contributed by atoms with E-state index < -0.39 is 10.0 Å². The first kappa shape index (κ1) is 26.0. The minimum Gasteiger partial charge on any atom is -0.343 e. The van der Waals surface area contributed by atoms with Crippen LogP contribution in [0.15, 0.2) is 29.2 Å². The van der Waals surface area contributed by atoms with Crippen LogP contribution in [-0.2, 0) is 27.4 Å². The monoisotopic (exact) mass is 472 g/mol. The van der Waals surface area contributed by atoms with Crippen molar-refractivity contribution in [1.29, 1.82) is 0 Å². The summed E-state index contributed by atoms with van der Waals surface area (Å²) in [7, 11) is -3.54. The number of hydrogen-bond donors (Lipinski definition) is 1. The van der Waals surface area contributed by atoms with Crippen LogP contribution in [0.3, 0.4) is 0 Å². The molecule has 0 aliphatic heterocycles. The van der Waals surface area contributed by atoms with Gasteiger partial charge in [-0.2, -0.15) is 0 Å². The van der Waals surface area contributed by atoms with Crippen molar-refractivity contribution in [2.75, 3.05) is 6.54 Å². The number of benzene rings is 1. The molecule has 0 atom stereocenters. The standard InChI is InChI=1S/C28H44N2O2S/c1-9-29-33(31,32)26-18-25(30(20(26)2)19-21-13-11-10-12-14-21)22-15-23(27(3,4)5)17-24(16-22)28(6,7)8/h15-18,21,29H,9-14,19H2,1-8H3. The van der Waals surface area contributed by atoms with E-state index in [1.807, 2.05) is 19.9 Å². The summed E-state index contributed by atoms with van der Waals surface area (Å²) in [5, 5.41) is 0. The third kappa shape index (κ3) is 5.92. The molecule has 1 heterocycles. The molecule has 3 rings (SSSR count). The molecule has 184 valence electrons. The fourth-order valence-corrected chi connectivity index (χ4v) is 6.21. The van der Waals surface area contributed by atoms with E-state index in [-0.39, 0.29) is 10.8 Å². The Morgan fingerprint density at radius 3 is 1.94 bits per heavy atom. The van der Waals surface area contributed by atoms with Gasteiger partial charge < -0.3 is 4.57 Å². The molecule has 0 amide bonds. The zero-order valence-electron chi connectivity index (χ0n) is 22.0. The second-order valence-corrected chi connectivity index (χ2v) is 13.6. The molecular formula is C28H44N2O2S. The average Bonchev–Trinajstić information content (AvgIpc) is 3.04. The van der Waals surface area contributed by atoms with E-state index in [1.165, 1.54) is 43.2 Å². The van der Waals surface area contributed by atoms with Gasteiger partial charge in [-0.25, -0.2) is 13.1 Å². The molecule has 1 N–H and O–H groups in total. The normalized spacial score (nSPS) is 16.4. The van der Waals surface area contributed by atoms with E-state index in [1.54, 1.807) is 0 Å². The smallest absolute Gasteiger partial charge is 0.242 e. The van der Waals surface area contributed by atoms with Crippen LogP contribution >= 0.6 is 0 Å². The molecule has 0 saturated heterocycles. The van der Waals surface area contributed by atoms with E-state index in [0.29, 0.717) is 17.4 Å². The first-order valence-corrected chi connectivity index (χ1v) is 14.1. The molecule has 0 spiro atoms. The van der Waals surface area contributed by atoms with Crippen LogP contribution in [0.5, 0.6) is 0 Å². The molecule has 0 radical (unpaired) electrons. The Bertz CT molecular complexity index is 1040. The van der Waals surface area contributed by atoms with Crippen LogP contribution in [-0.4, -0.2) is 19.5 Å². The highest BCUT2D eigenvalue weighted by molar-refractivity contribution is 7.89. The maximum Gasteiger partial charge on any atom is 0.242 e. The third-order valence-corrected chi connectivity index (χ3v) is 8.73. The molecule has 1 saturated carbocycles. The number of sulfonamides is 1. The minimum absolute atomic E-state index is 0.00448. The molecule has 4 nitrogen and oxygen atoms in total.